The minimum atomic E-state index is -1.43. The van der Waals surface area contributed by atoms with Crippen LogP contribution in [0.4, 0.5) is 0 Å². The Morgan fingerprint density at radius 2 is 2.00 bits per heavy atom. The summed E-state index contributed by atoms with van der Waals surface area (Å²) in [5.41, 5.74) is 0. The number of aliphatic hydroxyl groups is 1. The lowest BCUT2D eigenvalue weighted by Gasteiger charge is -2.45. The topological polar surface area (TPSA) is 63.6 Å². The number of hydrogen-bond donors (Lipinski definition) is 1. The Morgan fingerprint density at radius 1 is 1.44 bits per heavy atom. The number of hydrogen-bond acceptors (Lipinski definition) is 4. The fraction of sp³-hybridized carbons (Fsp3) is 0.857. The minimum absolute atomic E-state index is 0.0219. The fourth-order valence-electron chi connectivity index (χ4n) is 2.65. The standard InChI is InChI=1S/C14H24O4/c1-6-11(15)8(3)13-9(4)12(16)10(5)14(17,7-2)18-13/h8-10,13,17H,6-7H2,1-5H3/t8-,9-,10+,13+,14-/m1/s1. The van der Waals surface area contributed by atoms with Gasteiger partial charge in [-0.3, -0.25) is 9.59 Å². The summed E-state index contributed by atoms with van der Waals surface area (Å²) in [5.74, 6) is -2.65. The van der Waals surface area contributed by atoms with Crippen LogP contribution in [0, 0.1) is 17.8 Å². The Labute approximate surface area is 109 Å². The first-order valence-electron chi connectivity index (χ1n) is 6.75. The Balaban J connectivity index is 2.99. The summed E-state index contributed by atoms with van der Waals surface area (Å²) in [7, 11) is 0. The molecule has 0 saturated carbocycles. The summed E-state index contributed by atoms with van der Waals surface area (Å²) in [6.45, 7) is 8.81. The van der Waals surface area contributed by atoms with Crippen LogP contribution in [-0.2, 0) is 14.3 Å². The quantitative estimate of drug-likeness (QED) is 0.835. The zero-order valence-electron chi connectivity index (χ0n) is 11.9. The van der Waals surface area contributed by atoms with E-state index in [2.05, 4.69) is 0 Å². The number of ether oxygens (including phenoxy) is 1. The molecule has 0 radical (unpaired) electrons. The van der Waals surface area contributed by atoms with Gasteiger partial charge in [-0.15, -0.1) is 0 Å². The van der Waals surface area contributed by atoms with Crippen LogP contribution in [0.15, 0.2) is 0 Å². The SMILES string of the molecule is CCC(=O)[C@@H](C)[C@@H]1O[C@](O)(CC)[C@@H](C)C(=O)[C@H]1C. The van der Waals surface area contributed by atoms with E-state index in [1.54, 1.807) is 34.6 Å². The number of carbonyl (C=O) groups is 2. The average molecular weight is 256 g/mol. The smallest absolute Gasteiger partial charge is 0.175 e. The second-order valence-electron chi connectivity index (χ2n) is 5.30. The summed E-state index contributed by atoms with van der Waals surface area (Å²) in [6, 6.07) is 0. The van der Waals surface area contributed by atoms with Gasteiger partial charge in [0.05, 0.1) is 12.0 Å². The van der Waals surface area contributed by atoms with Crippen LogP contribution < -0.4 is 0 Å². The molecular formula is C14H24O4. The van der Waals surface area contributed by atoms with E-state index in [1.165, 1.54) is 0 Å². The van der Waals surface area contributed by atoms with Crippen LogP contribution in [0.25, 0.3) is 0 Å². The normalized spacial score (nSPS) is 38.6. The molecule has 4 nitrogen and oxygen atoms in total. The fourth-order valence-corrected chi connectivity index (χ4v) is 2.65. The predicted octanol–water partition coefficient (Wildman–Crippen LogP) is 1.94. The van der Waals surface area contributed by atoms with Gasteiger partial charge in [-0.25, -0.2) is 0 Å². The third-order valence-corrected chi connectivity index (χ3v) is 4.24. The maximum absolute atomic E-state index is 12.2. The Morgan fingerprint density at radius 3 is 2.44 bits per heavy atom. The molecule has 1 rings (SSSR count). The monoisotopic (exact) mass is 256 g/mol. The summed E-state index contributed by atoms with van der Waals surface area (Å²) >= 11 is 0. The van der Waals surface area contributed by atoms with E-state index in [0.29, 0.717) is 12.8 Å². The highest BCUT2D eigenvalue weighted by Gasteiger charge is 2.50. The van der Waals surface area contributed by atoms with Crippen LogP contribution in [0.2, 0.25) is 0 Å². The number of rotatable bonds is 4. The lowest BCUT2D eigenvalue weighted by atomic mass is 9.77. The average Bonchev–Trinajstić information content (AvgIpc) is 2.38. The van der Waals surface area contributed by atoms with Crippen molar-refractivity contribution in [3.05, 3.63) is 0 Å². The van der Waals surface area contributed by atoms with Crippen LogP contribution >= 0.6 is 0 Å². The number of ketones is 2. The second-order valence-corrected chi connectivity index (χ2v) is 5.30. The van der Waals surface area contributed by atoms with E-state index in [4.69, 9.17) is 4.74 Å². The molecule has 0 aromatic carbocycles. The van der Waals surface area contributed by atoms with Gasteiger partial charge in [-0.05, 0) is 6.42 Å². The van der Waals surface area contributed by atoms with Crippen molar-refractivity contribution >= 4 is 11.6 Å². The van der Waals surface area contributed by atoms with Crippen molar-refractivity contribution in [1.82, 2.24) is 0 Å². The van der Waals surface area contributed by atoms with Crippen molar-refractivity contribution in [1.29, 1.82) is 0 Å². The molecule has 104 valence electrons. The highest BCUT2D eigenvalue weighted by molar-refractivity contribution is 5.87. The molecular weight excluding hydrogens is 232 g/mol. The molecule has 1 heterocycles. The molecule has 1 aliphatic rings. The van der Waals surface area contributed by atoms with Crippen molar-refractivity contribution in [3.63, 3.8) is 0 Å². The molecule has 0 aliphatic carbocycles. The molecule has 18 heavy (non-hydrogen) atoms. The maximum Gasteiger partial charge on any atom is 0.175 e. The summed E-state index contributed by atoms with van der Waals surface area (Å²) < 4.78 is 5.72. The Kier molecular flexibility index (Phi) is 4.67. The largest absolute Gasteiger partial charge is 0.365 e. The van der Waals surface area contributed by atoms with Gasteiger partial charge in [0.15, 0.2) is 5.79 Å². The van der Waals surface area contributed by atoms with Crippen molar-refractivity contribution in [2.75, 3.05) is 0 Å². The molecule has 0 aromatic heterocycles. The van der Waals surface area contributed by atoms with Crippen molar-refractivity contribution in [2.24, 2.45) is 17.8 Å². The highest BCUT2D eigenvalue weighted by atomic mass is 16.6. The lowest BCUT2D eigenvalue weighted by Crippen LogP contribution is -2.57. The van der Waals surface area contributed by atoms with Gasteiger partial charge < -0.3 is 9.84 Å². The molecule has 1 saturated heterocycles. The second kappa shape index (κ2) is 5.49. The molecule has 0 unspecified atom stereocenters. The van der Waals surface area contributed by atoms with Gasteiger partial charge in [0.1, 0.15) is 11.6 Å². The number of carbonyl (C=O) groups excluding carboxylic acids is 2. The zero-order chi connectivity index (χ0) is 14.1. The third kappa shape index (κ3) is 2.50. The van der Waals surface area contributed by atoms with E-state index in [1.807, 2.05) is 0 Å². The van der Waals surface area contributed by atoms with E-state index in [9.17, 15) is 14.7 Å². The van der Waals surface area contributed by atoms with Gasteiger partial charge in [0.25, 0.3) is 0 Å². The molecule has 0 aromatic rings. The van der Waals surface area contributed by atoms with Crippen molar-refractivity contribution in [3.8, 4) is 0 Å². The third-order valence-electron chi connectivity index (χ3n) is 4.24. The molecule has 1 fully saturated rings. The van der Waals surface area contributed by atoms with Gasteiger partial charge in [0, 0.05) is 18.3 Å². The van der Waals surface area contributed by atoms with Gasteiger partial charge in [0.2, 0.25) is 0 Å². The lowest BCUT2D eigenvalue weighted by molar-refractivity contribution is -0.284. The van der Waals surface area contributed by atoms with Crippen LogP contribution in [-0.4, -0.2) is 28.6 Å². The molecule has 0 spiro atoms. The van der Waals surface area contributed by atoms with E-state index < -0.39 is 17.8 Å². The summed E-state index contributed by atoms with van der Waals surface area (Å²) in [4.78, 5) is 23.9. The van der Waals surface area contributed by atoms with E-state index in [-0.39, 0.29) is 23.4 Å². The Hall–Kier alpha value is -0.740. The van der Waals surface area contributed by atoms with Gasteiger partial charge >= 0.3 is 0 Å². The molecule has 1 aliphatic heterocycles. The first kappa shape index (κ1) is 15.3. The minimum Gasteiger partial charge on any atom is -0.365 e. The molecule has 5 atom stereocenters. The van der Waals surface area contributed by atoms with E-state index >= 15 is 0 Å². The zero-order valence-corrected chi connectivity index (χ0v) is 11.9. The number of Topliss-reactive ketones (excluding diaryl/α,β-unsaturated/α-hetero) is 2. The maximum atomic E-state index is 12.2. The predicted molar refractivity (Wildman–Crippen MR) is 67.9 cm³/mol. The van der Waals surface area contributed by atoms with Gasteiger partial charge in [-0.2, -0.15) is 0 Å². The van der Waals surface area contributed by atoms with Gasteiger partial charge in [-0.1, -0.05) is 34.6 Å². The van der Waals surface area contributed by atoms with Crippen molar-refractivity contribution < 1.29 is 19.4 Å². The first-order chi connectivity index (χ1) is 8.28. The van der Waals surface area contributed by atoms with Crippen molar-refractivity contribution in [2.45, 2.75) is 59.4 Å². The molecule has 1 N–H and O–H groups in total. The Bertz CT molecular complexity index is 335. The molecule has 0 bridgehead atoms. The van der Waals surface area contributed by atoms with Crippen LogP contribution in [0.1, 0.15) is 47.5 Å². The van der Waals surface area contributed by atoms with Crippen LogP contribution in [0.5, 0.6) is 0 Å². The van der Waals surface area contributed by atoms with Crippen LogP contribution in [0.3, 0.4) is 0 Å². The first-order valence-corrected chi connectivity index (χ1v) is 6.75. The molecule has 0 amide bonds. The van der Waals surface area contributed by atoms with E-state index in [0.717, 1.165) is 0 Å². The summed E-state index contributed by atoms with van der Waals surface area (Å²) in [5, 5.41) is 10.4. The molecule has 4 heteroatoms. The summed E-state index contributed by atoms with van der Waals surface area (Å²) in [6.07, 6.45) is 0.240. The highest BCUT2D eigenvalue weighted by Crippen LogP contribution is 2.38.